The molecule has 0 spiro atoms. The number of carbonyl (C=O) groups excluding carboxylic acids is 3. The zero-order chi connectivity index (χ0) is 19.7. The number of amides is 2. The van der Waals surface area contributed by atoms with E-state index in [-0.39, 0.29) is 28.4 Å². The summed E-state index contributed by atoms with van der Waals surface area (Å²) < 4.78 is 0. The molecule has 1 aliphatic rings. The van der Waals surface area contributed by atoms with Crippen molar-refractivity contribution in [3.05, 3.63) is 57.8 Å². The molecule has 0 unspecified atom stereocenters. The van der Waals surface area contributed by atoms with Gasteiger partial charge in [0.2, 0.25) is 11.8 Å². The first kappa shape index (κ1) is 18.5. The van der Waals surface area contributed by atoms with Crippen molar-refractivity contribution in [2.75, 3.05) is 4.90 Å². The van der Waals surface area contributed by atoms with Crippen LogP contribution in [0.15, 0.2) is 41.6 Å². The van der Waals surface area contributed by atoms with Crippen molar-refractivity contribution in [2.24, 2.45) is 0 Å². The molecule has 1 fully saturated rings. The molecule has 27 heavy (non-hydrogen) atoms. The first-order chi connectivity index (χ1) is 12.8. The first-order valence-corrected chi connectivity index (χ1v) is 8.62. The van der Waals surface area contributed by atoms with Crippen LogP contribution in [0.4, 0.5) is 11.4 Å². The van der Waals surface area contributed by atoms with E-state index >= 15 is 0 Å². The largest absolute Gasteiger partial charge is 0.545 e. The van der Waals surface area contributed by atoms with E-state index in [0.717, 1.165) is 16.7 Å². The lowest BCUT2D eigenvalue weighted by molar-refractivity contribution is -0.384. The number of nitro benzene ring substituents is 1. The van der Waals surface area contributed by atoms with Crippen molar-refractivity contribution < 1.29 is 24.4 Å². The van der Waals surface area contributed by atoms with Crippen LogP contribution in [0.3, 0.4) is 0 Å². The van der Waals surface area contributed by atoms with Crippen LogP contribution in [-0.2, 0) is 9.59 Å². The molecule has 2 heterocycles. The van der Waals surface area contributed by atoms with Crippen LogP contribution in [0, 0.1) is 17.0 Å². The van der Waals surface area contributed by atoms with Crippen molar-refractivity contribution in [1.82, 2.24) is 4.98 Å². The number of aromatic carboxylic acids is 1. The molecular formula is C17H12N3O6S-. The van der Waals surface area contributed by atoms with Crippen molar-refractivity contribution in [3.63, 3.8) is 0 Å². The number of rotatable bonds is 5. The van der Waals surface area contributed by atoms with Gasteiger partial charge in [-0.3, -0.25) is 19.7 Å². The summed E-state index contributed by atoms with van der Waals surface area (Å²) in [5.41, 5.74) is -0.0365. The van der Waals surface area contributed by atoms with Crippen LogP contribution < -0.4 is 10.0 Å². The lowest BCUT2D eigenvalue weighted by Crippen LogP contribution is -2.32. The smallest absolute Gasteiger partial charge is 0.293 e. The summed E-state index contributed by atoms with van der Waals surface area (Å²) in [5.74, 6) is -2.71. The van der Waals surface area contributed by atoms with Gasteiger partial charge in [0, 0.05) is 24.2 Å². The third kappa shape index (κ3) is 3.51. The Morgan fingerprint density at radius 3 is 2.74 bits per heavy atom. The van der Waals surface area contributed by atoms with E-state index in [1.165, 1.54) is 30.5 Å². The Morgan fingerprint density at radius 2 is 2.07 bits per heavy atom. The summed E-state index contributed by atoms with van der Waals surface area (Å²) in [6.07, 6.45) is 1.14. The number of nitro groups is 1. The Balaban J connectivity index is 1.93. The fourth-order valence-electron chi connectivity index (χ4n) is 2.69. The van der Waals surface area contributed by atoms with Crippen molar-refractivity contribution in [2.45, 2.75) is 23.6 Å². The van der Waals surface area contributed by atoms with E-state index in [1.807, 2.05) is 0 Å². The summed E-state index contributed by atoms with van der Waals surface area (Å²) in [4.78, 5) is 51.6. The van der Waals surface area contributed by atoms with E-state index < -0.39 is 28.0 Å². The molecule has 1 saturated heterocycles. The molecule has 1 aromatic heterocycles. The number of thioether (sulfide) groups is 1. The molecule has 0 bridgehead atoms. The minimum absolute atomic E-state index is 0.0453. The number of anilines is 1. The van der Waals surface area contributed by atoms with Gasteiger partial charge < -0.3 is 9.90 Å². The molecule has 1 aliphatic heterocycles. The minimum atomic E-state index is -1.45. The number of aryl methyl sites for hydroxylation is 1. The molecule has 0 saturated carbocycles. The van der Waals surface area contributed by atoms with E-state index in [4.69, 9.17) is 0 Å². The van der Waals surface area contributed by atoms with E-state index in [2.05, 4.69) is 4.98 Å². The van der Waals surface area contributed by atoms with Crippen LogP contribution >= 0.6 is 11.8 Å². The molecule has 9 nitrogen and oxygen atoms in total. The quantitative estimate of drug-likeness (QED) is 0.423. The van der Waals surface area contributed by atoms with Gasteiger partial charge in [0.1, 0.15) is 10.7 Å². The van der Waals surface area contributed by atoms with Crippen LogP contribution in [0.5, 0.6) is 0 Å². The highest BCUT2D eigenvalue weighted by atomic mass is 32.2. The number of carbonyl (C=O) groups is 3. The number of nitrogens with zero attached hydrogens (tertiary/aromatic N) is 3. The summed E-state index contributed by atoms with van der Waals surface area (Å²) in [7, 11) is 0. The number of aromatic nitrogens is 1. The normalized spacial score (nSPS) is 16.6. The van der Waals surface area contributed by atoms with Gasteiger partial charge in [0.15, 0.2) is 0 Å². The number of imide groups is 1. The Morgan fingerprint density at radius 1 is 1.33 bits per heavy atom. The van der Waals surface area contributed by atoms with Gasteiger partial charge >= 0.3 is 0 Å². The molecule has 1 aromatic carbocycles. The molecule has 0 N–H and O–H groups in total. The number of hydrogen-bond donors (Lipinski definition) is 0. The Kier molecular flexibility index (Phi) is 4.91. The second-order valence-corrected chi connectivity index (χ2v) is 6.96. The van der Waals surface area contributed by atoms with Gasteiger partial charge in [-0.25, -0.2) is 9.88 Å². The first-order valence-electron chi connectivity index (χ1n) is 7.74. The Labute approximate surface area is 157 Å². The van der Waals surface area contributed by atoms with Crippen LogP contribution in [0.25, 0.3) is 0 Å². The standard InChI is InChI=1S/C17H13N3O6S/c1-9-4-5-11(12(7-9)20(25)26)19-14(21)8-13(16(19)22)27-15-10(17(23)24)3-2-6-18-15/h2-7,13H,8H2,1H3,(H,23,24)/p-1/t13-/m0/s1. The molecular weight excluding hydrogens is 374 g/mol. The molecule has 2 amide bonds. The molecule has 2 aromatic rings. The highest BCUT2D eigenvalue weighted by molar-refractivity contribution is 8.00. The molecule has 138 valence electrons. The zero-order valence-corrected chi connectivity index (χ0v) is 14.8. The minimum Gasteiger partial charge on any atom is -0.545 e. The second-order valence-electron chi connectivity index (χ2n) is 5.77. The fraction of sp³-hybridized carbons (Fsp3) is 0.176. The lowest BCUT2D eigenvalue weighted by Gasteiger charge is -2.16. The topological polar surface area (TPSA) is 134 Å². The van der Waals surface area contributed by atoms with Crippen LogP contribution in [0.2, 0.25) is 0 Å². The number of carboxylic acid groups (broad SMARTS) is 1. The van der Waals surface area contributed by atoms with E-state index in [0.29, 0.717) is 5.56 Å². The highest BCUT2D eigenvalue weighted by Gasteiger charge is 2.43. The van der Waals surface area contributed by atoms with Crippen LogP contribution in [-0.4, -0.2) is 32.9 Å². The molecule has 10 heteroatoms. The van der Waals surface area contributed by atoms with Gasteiger partial charge in [-0.2, -0.15) is 0 Å². The SMILES string of the molecule is Cc1ccc(N2C(=O)C[C@H](Sc3ncccc3C(=O)[O-])C2=O)c([N+](=O)[O-])c1. The van der Waals surface area contributed by atoms with E-state index in [9.17, 15) is 29.6 Å². The number of benzene rings is 1. The van der Waals surface area contributed by atoms with Crippen molar-refractivity contribution in [1.29, 1.82) is 0 Å². The highest BCUT2D eigenvalue weighted by Crippen LogP contribution is 2.38. The number of pyridine rings is 1. The maximum atomic E-state index is 12.7. The molecule has 0 radical (unpaired) electrons. The van der Waals surface area contributed by atoms with Gasteiger partial charge in [-0.1, -0.05) is 17.8 Å². The lowest BCUT2D eigenvalue weighted by atomic mass is 10.2. The molecule has 0 aliphatic carbocycles. The van der Waals surface area contributed by atoms with Gasteiger partial charge in [0.25, 0.3) is 5.69 Å². The van der Waals surface area contributed by atoms with Crippen LogP contribution in [0.1, 0.15) is 22.3 Å². The molecule has 1 atom stereocenters. The van der Waals surface area contributed by atoms with Crippen molar-refractivity contribution in [3.8, 4) is 0 Å². The monoisotopic (exact) mass is 386 g/mol. The van der Waals surface area contributed by atoms with Gasteiger partial charge in [-0.05, 0) is 30.7 Å². The number of carboxylic acids is 1. The van der Waals surface area contributed by atoms with Gasteiger partial charge in [0.05, 0.1) is 16.1 Å². The third-order valence-corrected chi connectivity index (χ3v) is 5.12. The zero-order valence-electron chi connectivity index (χ0n) is 13.9. The number of hydrogen-bond acceptors (Lipinski definition) is 8. The fourth-order valence-corrected chi connectivity index (χ4v) is 3.79. The maximum absolute atomic E-state index is 12.7. The average molecular weight is 386 g/mol. The molecule has 3 rings (SSSR count). The summed E-state index contributed by atoms with van der Waals surface area (Å²) in [5, 5.41) is 21.6. The van der Waals surface area contributed by atoms with Gasteiger partial charge in [-0.15, -0.1) is 0 Å². The maximum Gasteiger partial charge on any atom is 0.293 e. The second kappa shape index (κ2) is 7.16. The summed E-state index contributed by atoms with van der Waals surface area (Å²) in [6.45, 7) is 1.66. The average Bonchev–Trinajstić information content (AvgIpc) is 2.89. The Hall–Kier alpha value is -3.27. The predicted molar refractivity (Wildman–Crippen MR) is 93.2 cm³/mol. The Bertz CT molecular complexity index is 977. The van der Waals surface area contributed by atoms with E-state index in [1.54, 1.807) is 13.0 Å². The predicted octanol–water partition coefficient (Wildman–Crippen LogP) is 1.09. The van der Waals surface area contributed by atoms with Crippen molar-refractivity contribution >= 4 is 40.9 Å². The third-order valence-electron chi connectivity index (χ3n) is 3.92. The summed E-state index contributed by atoms with van der Waals surface area (Å²) >= 11 is 0.820. The summed E-state index contributed by atoms with van der Waals surface area (Å²) in [6, 6.07) is 6.90.